The van der Waals surface area contributed by atoms with Gasteiger partial charge in [0.05, 0.1) is 12.1 Å². The first-order valence-corrected chi connectivity index (χ1v) is 3.96. The first-order valence-electron chi connectivity index (χ1n) is 2.00. The van der Waals surface area contributed by atoms with Gasteiger partial charge in [-0.15, -0.1) is 12.4 Å². The molecule has 0 aromatic rings. The molecular weight excluding hydrogens is 176 g/mol. The second kappa shape index (κ2) is 4.10. The summed E-state index contributed by atoms with van der Waals surface area (Å²) in [6, 6.07) is 2.69. The van der Waals surface area contributed by atoms with Gasteiger partial charge in [-0.25, -0.2) is 8.42 Å². The highest BCUT2D eigenvalue weighted by Crippen LogP contribution is 1.93. The van der Waals surface area contributed by atoms with Crippen molar-refractivity contribution in [2.45, 2.75) is 5.25 Å². The van der Waals surface area contributed by atoms with Crippen LogP contribution in [0.1, 0.15) is 0 Å². The van der Waals surface area contributed by atoms with Crippen molar-refractivity contribution in [3.8, 4) is 12.1 Å². The largest absolute Gasteiger partial charge is 0.233 e. The third-order valence-corrected chi connectivity index (χ3v) is 1.73. The minimum absolute atomic E-state index is 0. The van der Waals surface area contributed by atoms with E-state index in [1.165, 1.54) is 12.1 Å². The van der Waals surface area contributed by atoms with E-state index in [2.05, 4.69) is 0 Å². The molecule has 0 spiro atoms. The van der Waals surface area contributed by atoms with Crippen LogP contribution in [0.15, 0.2) is 0 Å². The fourth-order valence-electron chi connectivity index (χ4n) is 0.220. The first kappa shape index (κ1) is 12.0. The third kappa shape index (κ3) is 3.29. The highest BCUT2D eigenvalue weighted by molar-refractivity contribution is 7.91. The molecule has 0 aromatic carbocycles. The lowest BCUT2D eigenvalue weighted by Gasteiger charge is -1.90. The Balaban J connectivity index is 0. The maximum Gasteiger partial charge on any atom is 0.233 e. The number of hydrogen-bond donors (Lipinski definition) is 0. The van der Waals surface area contributed by atoms with Gasteiger partial charge in [-0.05, 0) is 0 Å². The van der Waals surface area contributed by atoms with Crippen molar-refractivity contribution in [1.82, 2.24) is 0 Å². The molecule has 0 N–H and O–H groups in total. The SMILES string of the molecule is CS(=O)(=O)C(C#N)C#N.Cl. The maximum atomic E-state index is 10.3. The van der Waals surface area contributed by atoms with Crippen molar-refractivity contribution in [2.24, 2.45) is 0 Å². The minimum atomic E-state index is -3.49. The van der Waals surface area contributed by atoms with E-state index in [9.17, 15) is 8.42 Å². The molecule has 0 amide bonds. The van der Waals surface area contributed by atoms with Crippen LogP contribution < -0.4 is 0 Å². The van der Waals surface area contributed by atoms with Crippen LogP contribution in [0.25, 0.3) is 0 Å². The summed E-state index contributed by atoms with van der Waals surface area (Å²) in [4.78, 5) is 0. The molecule has 0 atom stereocenters. The summed E-state index contributed by atoms with van der Waals surface area (Å²) in [5.41, 5.74) is 0. The van der Waals surface area contributed by atoms with Crippen LogP contribution in [0.5, 0.6) is 0 Å². The van der Waals surface area contributed by atoms with E-state index >= 15 is 0 Å². The average Bonchev–Trinajstić information content (AvgIpc) is 1.65. The molecule has 0 aliphatic rings. The quantitative estimate of drug-likeness (QED) is 0.563. The topological polar surface area (TPSA) is 81.7 Å². The number of hydrogen-bond acceptors (Lipinski definition) is 4. The molecule has 0 aliphatic carbocycles. The molecule has 0 aliphatic heterocycles. The molecule has 0 bridgehead atoms. The summed E-state index contributed by atoms with van der Waals surface area (Å²) in [5, 5.41) is 14.5. The fourth-order valence-corrected chi connectivity index (χ4v) is 0.603. The maximum absolute atomic E-state index is 10.3. The molecule has 4 nitrogen and oxygen atoms in total. The van der Waals surface area contributed by atoms with Gasteiger partial charge < -0.3 is 0 Å². The summed E-state index contributed by atoms with van der Waals surface area (Å²) >= 11 is 0. The number of halogens is 1. The van der Waals surface area contributed by atoms with E-state index in [1.54, 1.807) is 0 Å². The fraction of sp³-hybridized carbons (Fsp3) is 0.500. The normalized spacial score (nSPS) is 9.20. The zero-order chi connectivity index (χ0) is 7.49. The van der Waals surface area contributed by atoms with Gasteiger partial charge in [-0.1, -0.05) is 0 Å². The van der Waals surface area contributed by atoms with E-state index in [-0.39, 0.29) is 12.4 Å². The molecule has 0 saturated carbocycles. The molecule has 0 fully saturated rings. The Kier molecular flexibility index (Phi) is 4.90. The highest BCUT2D eigenvalue weighted by Gasteiger charge is 2.17. The number of rotatable bonds is 1. The van der Waals surface area contributed by atoms with Crippen LogP contribution in [0.3, 0.4) is 0 Å². The van der Waals surface area contributed by atoms with Crippen molar-refractivity contribution >= 4 is 22.2 Å². The van der Waals surface area contributed by atoms with Gasteiger partial charge in [-0.2, -0.15) is 10.5 Å². The van der Waals surface area contributed by atoms with Crippen LogP contribution >= 0.6 is 12.4 Å². The van der Waals surface area contributed by atoms with Crippen LogP contribution in [-0.2, 0) is 9.84 Å². The summed E-state index contributed by atoms with van der Waals surface area (Å²) < 4.78 is 20.7. The highest BCUT2D eigenvalue weighted by atomic mass is 35.5. The van der Waals surface area contributed by atoms with Gasteiger partial charge in [0.15, 0.2) is 9.84 Å². The van der Waals surface area contributed by atoms with Gasteiger partial charge in [-0.3, -0.25) is 0 Å². The lowest BCUT2D eigenvalue weighted by Crippen LogP contribution is -2.14. The van der Waals surface area contributed by atoms with Crippen LogP contribution in [0, 0.1) is 22.7 Å². The summed E-state index contributed by atoms with van der Waals surface area (Å²) in [7, 11) is -3.49. The molecule has 6 heteroatoms. The molecule has 0 rings (SSSR count). The molecule has 0 aromatic heterocycles. The van der Waals surface area contributed by atoms with Gasteiger partial charge in [0, 0.05) is 6.26 Å². The Morgan fingerprint density at radius 1 is 1.30 bits per heavy atom. The van der Waals surface area contributed by atoms with Gasteiger partial charge in [0.2, 0.25) is 5.25 Å². The number of sulfone groups is 1. The van der Waals surface area contributed by atoms with Gasteiger partial charge in [0.1, 0.15) is 0 Å². The van der Waals surface area contributed by atoms with Crippen molar-refractivity contribution < 1.29 is 8.42 Å². The molecule has 0 heterocycles. The predicted octanol–water partition coefficient (Wildman–Crippen LogP) is -0.131. The summed E-state index contributed by atoms with van der Waals surface area (Å²) in [6.45, 7) is 0. The molecular formula is C4H5ClN2O2S. The van der Waals surface area contributed by atoms with E-state index in [1.807, 2.05) is 0 Å². The summed E-state index contributed by atoms with van der Waals surface area (Å²) in [6.07, 6.45) is 0.851. The molecule has 0 saturated heterocycles. The van der Waals surface area contributed by atoms with Crippen molar-refractivity contribution in [1.29, 1.82) is 10.5 Å². The van der Waals surface area contributed by atoms with Crippen molar-refractivity contribution in [3.05, 3.63) is 0 Å². The lowest BCUT2D eigenvalue weighted by atomic mass is 10.5. The molecule has 0 unspecified atom stereocenters. The minimum Gasteiger partial charge on any atom is -0.227 e. The van der Waals surface area contributed by atoms with Crippen LogP contribution in [0.2, 0.25) is 0 Å². The Morgan fingerprint density at radius 3 is 1.60 bits per heavy atom. The smallest absolute Gasteiger partial charge is 0.227 e. The zero-order valence-electron chi connectivity index (χ0n) is 5.10. The number of nitrogens with zero attached hydrogens (tertiary/aromatic N) is 2. The number of nitriles is 2. The Hall–Kier alpha value is -0.780. The first-order chi connectivity index (χ1) is 4.02. The van der Waals surface area contributed by atoms with Gasteiger partial charge >= 0.3 is 0 Å². The second-order valence-corrected chi connectivity index (χ2v) is 3.60. The van der Waals surface area contributed by atoms with Crippen LogP contribution in [-0.4, -0.2) is 19.9 Å². The molecule has 10 heavy (non-hydrogen) atoms. The molecule has 56 valence electrons. The Bertz CT molecular complexity index is 257. The Morgan fingerprint density at radius 2 is 1.60 bits per heavy atom. The van der Waals surface area contributed by atoms with E-state index in [4.69, 9.17) is 10.5 Å². The standard InChI is InChI=1S/C4H4N2O2S.ClH/c1-9(7,8)4(2-5)3-6;/h4H,1H3;1H. The van der Waals surface area contributed by atoms with E-state index in [0.29, 0.717) is 0 Å². The Labute approximate surface area is 65.4 Å². The summed E-state index contributed by atoms with van der Waals surface area (Å²) in [5.74, 6) is 0. The molecule has 0 radical (unpaired) electrons. The van der Waals surface area contributed by atoms with E-state index < -0.39 is 15.1 Å². The van der Waals surface area contributed by atoms with Crippen LogP contribution in [0.4, 0.5) is 0 Å². The van der Waals surface area contributed by atoms with Gasteiger partial charge in [0.25, 0.3) is 0 Å². The second-order valence-electron chi connectivity index (χ2n) is 1.47. The van der Waals surface area contributed by atoms with E-state index in [0.717, 1.165) is 6.26 Å². The van der Waals surface area contributed by atoms with Crippen molar-refractivity contribution in [3.63, 3.8) is 0 Å². The third-order valence-electron chi connectivity index (χ3n) is 0.663. The van der Waals surface area contributed by atoms with Crippen molar-refractivity contribution in [2.75, 3.05) is 6.26 Å². The predicted molar refractivity (Wildman–Crippen MR) is 37.1 cm³/mol. The lowest BCUT2D eigenvalue weighted by molar-refractivity contribution is 0.601. The monoisotopic (exact) mass is 180 g/mol. The zero-order valence-corrected chi connectivity index (χ0v) is 6.74. The average molecular weight is 181 g/mol.